The van der Waals surface area contributed by atoms with E-state index in [1.807, 2.05) is 6.07 Å². The third kappa shape index (κ3) is 3.24. The normalized spacial score (nSPS) is 9.87. The Morgan fingerprint density at radius 3 is 3.20 bits per heavy atom. The lowest BCUT2D eigenvalue weighted by atomic mass is 10.2. The van der Waals surface area contributed by atoms with Gasteiger partial charge in [0, 0.05) is 6.20 Å². The van der Waals surface area contributed by atoms with Crippen molar-refractivity contribution in [2.75, 3.05) is 7.11 Å². The van der Waals surface area contributed by atoms with Gasteiger partial charge in [-0.2, -0.15) is 5.26 Å². The van der Waals surface area contributed by atoms with Crippen molar-refractivity contribution < 1.29 is 9.53 Å². The molecule has 0 fully saturated rings. The first-order chi connectivity index (χ1) is 7.27. The van der Waals surface area contributed by atoms with Crippen LogP contribution in [0.25, 0.3) is 6.08 Å². The molecule has 0 atom stereocenters. The summed E-state index contributed by atoms with van der Waals surface area (Å²) in [4.78, 5) is 14.8. The van der Waals surface area contributed by atoms with Gasteiger partial charge < -0.3 is 4.74 Å². The van der Waals surface area contributed by atoms with Gasteiger partial charge in [0.1, 0.15) is 6.07 Å². The van der Waals surface area contributed by atoms with Crippen molar-refractivity contribution in [1.82, 2.24) is 4.98 Å². The minimum Gasteiger partial charge on any atom is -0.469 e. The van der Waals surface area contributed by atoms with Crippen LogP contribution in [0.2, 0.25) is 0 Å². The van der Waals surface area contributed by atoms with Crippen LogP contribution in [0.1, 0.15) is 17.7 Å². The maximum absolute atomic E-state index is 10.8. The van der Waals surface area contributed by atoms with Crippen LogP contribution in [0.3, 0.4) is 0 Å². The van der Waals surface area contributed by atoms with Crippen molar-refractivity contribution in [3.63, 3.8) is 0 Å². The number of esters is 1. The van der Waals surface area contributed by atoms with Crippen molar-refractivity contribution in [3.8, 4) is 6.07 Å². The van der Waals surface area contributed by atoms with E-state index in [1.165, 1.54) is 7.11 Å². The van der Waals surface area contributed by atoms with Gasteiger partial charge in [-0.25, -0.2) is 0 Å². The number of ether oxygens (including phenoxy) is 1. The van der Waals surface area contributed by atoms with Crippen molar-refractivity contribution in [3.05, 3.63) is 35.7 Å². The summed E-state index contributed by atoms with van der Waals surface area (Å²) in [5.74, 6) is -0.319. The van der Waals surface area contributed by atoms with Gasteiger partial charge in [0.15, 0.2) is 0 Å². The molecule has 4 nitrogen and oxygen atoms in total. The molecule has 0 N–H and O–H groups in total. The first-order valence-corrected chi connectivity index (χ1v) is 4.36. The van der Waals surface area contributed by atoms with E-state index in [9.17, 15) is 4.79 Å². The summed E-state index contributed by atoms with van der Waals surface area (Å²) in [6, 6.07) is 5.38. The summed E-state index contributed by atoms with van der Waals surface area (Å²) < 4.78 is 4.47. The lowest BCUT2D eigenvalue weighted by molar-refractivity contribution is -0.139. The fraction of sp³-hybridized carbons (Fsp3) is 0.182. The Kier molecular flexibility index (Phi) is 4.05. The largest absolute Gasteiger partial charge is 0.469 e. The van der Waals surface area contributed by atoms with Crippen LogP contribution < -0.4 is 0 Å². The van der Waals surface area contributed by atoms with Crippen molar-refractivity contribution in [1.29, 1.82) is 5.26 Å². The molecular formula is C11H10N2O2. The molecule has 0 spiro atoms. The first-order valence-electron chi connectivity index (χ1n) is 4.36. The van der Waals surface area contributed by atoms with Crippen LogP contribution in [0.4, 0.5) is 0 Å². The number of carbonyl (C=O) groups excluding carboxylic acids is 1. The Morgan fingerprint density at radius 1 is 1.73 bits per heavy atom. The highest BCUT2D eigenvalue weighted by molar-refractivity contribution is 5.72. The molecule has 1 aromatic rings. The average Bonchev–Trinajstić information content (AvgIpc) is 2.29. The Morgan fingerprint density at radius 2 is 2.53 bits per heavy atom. The van der Waals surface area contributed by atoms with Gasteiger partial charge in [0.25, 0.3) is 0 Å². The number of nitrogens with zero attached hydrogens (tertiary/aromatic N) is 2. The molecule has 1 rings (SSSR count). The zero-order valence-corrected chi connectivity index (χ0v) is 8.30. The second kappa shape index (κ2) is 5.55. The smallest absolute Gasteiger partial charge is 0.309 e. The fourth-order valence-corrected chi connectivity index (χ4v) is 0.995. The van der Waals surface area contributed by atoms with E-state index in [-0.39, 0.29) is 12.4 Å². The Balaban J connectivity index is 2.73. The van der Waals surface area contributed by atoms with E-state index >= 15 is 0 Å². The SMILES string of the molecule is COC(=O)CC=Cc1ncccc1C#N. The van der Waals surface area contributed by atoms with Crippen molar-refractivity contribution in [2.45, 2.75) is 6.42 Å². The van der Waals surface area contributed by atoms with Crippen LogP contribution in [0, 0.1) is 11.3 Å². The molecule has 4 heteroatoms. The molecule has 0 bridgehead atoms. The van der Waals surface area contributed by atoms with Gasteiger partial charge >= 0.3 is 5.97 Å². The lowest BCUT2D eigenvalue weighted by Crippen LogP contribution is -1.96. The molecule has 15 heavy (non-hydrogen) atoms. The molecule has 0 aromatic carbocycles. The number of carbonyl (C=O) groups is 1. The third-order valence-electron chi connectivity index (χ3n) is 1.75. The fourth-order valence-electron chi connectivity index (χ4n) is 0.995. The molecule has 0 amide bonds. The molecule has 0 aliphatic carbocycles. The lowest BCUT2D eigenvalue weighted by Gasteiger charge is -1.95. The van der Waals surface area contributed by atoms with E-state index < -0.39 is 0 Å². The average molecular weight is 202 g/mol. The zero-order chi connectivity index (χ0) is 11.1. The molecule has 1 aromatic heterocycles. The minimum absolute atomic E-state index is 0.179. The predicted octanol–water partition coefficient (Wildman–Crippen LogP) is 1.53. The number of rotatable bonds is 3. The number of nitriles is 1. The summed E-state index contributed by atoms with van der Waals surface area (Å²) >= 11 is 0. The molecule has 0 saturated heterocycles. The summed E-state index contributed by atoms with van der Waals surface area (Å²) in [5.41, 5.74) is 1.04. The summed E-state index contributed by atoms with van der Waals surface area (Å²) in [7, 11) is 1.33. The molecule has 1 heterocycles. The topological polar surface area (TPSA) is 63.0 Å². The molecule has 0 saturated carbocycles. The molecule has 0 aliphatic rings. The number of methoxy groups -OCH3 is 1. The second-order valence-electron chi connectivity index (χ2n) is 2.73. The van der Waals surface area contributed by atoms with Gasteiger partial charge in [0.2, 0.25) is 0 Å². The molecular weight excluding hydrogens is 192 g/mol. The van der Waals surface area contributed by atoms with Crippen LogP contribution in [0.5, 0.6) is 0 Å². The first kappa shape index (κ1) is 10.9. The van der Waals surface area contributed by atoms with E-state index in [4.69, 9.17) is 5.26 Å². The Hall–Kier alpha value is -2.15. The van der Waals surface area contributed by atoms with Crippen LogP contribution in [-0.2, 0) is 9.53 Å². The van der Waals surface area contributed by atoms with Crippen LogP contribution in [-0.4, -0.2) is 18.1 Å². The minimum atomic E-state index is -0.319. The number of pyridine rings is 1. The van der Waals surface area contributed by atoms with E-state index in [0.717, 1.165) is 0 Å². The van der Waals surface area contributed by atoms with Crippen LogP contribution in [0.15, 0.2) is 24.4 Å². The highest BCUT2D eigenvalue weighted by Gasteiger charge is 1.98. The zero-order valence-electron chi connectivity index (χ0n) is 8.30. The number of hydrogen-bond acceptors (Lipinski definition) is 4. The van der Waals surface area contributed by atoms with Gasteiger partial charge in [-0.3, -0.25) is 9.78 Å². The molecule has 0 radical (unpaired) electrons. The van der Waals surface area contributed by atoms with Crippen molar-refractivity contribution >= 4 is 12.0 Å². The number of hydrogen-bond donors (Lipinski definition) is 0. The summed E-state index contributed by atoms with van der Waals surface area (Å²) in [6.07, 6.45) is 5.03. The van der Waals surface area contributed by atoms with E-state index in [0.29, 0.717) is 11.3 Å². The van der Waals surface area contributed by atoms with Crippen LogP contribution >= 0.6 is 0 Å². The summed E-state index contributed by atoms with van der Waals surface area (Å²) in [6.45, 7) is 0. The predicted molar refractivity (Wildman–Crippen MR) is 54.6 cm³/mol. The molecule has 0 aliphatic heterocycles. The molecule has 0 unspecified atom stereocenters. The highest BCUT2D eigenvalue weighted by atomic mass is 16.5. The maximum Gasteiger partial charge on any atom is 0.309 e. The van der Waals surface area contributed by atoms with Gasteiger partial charge in [-0.15, -0.1) is 0 Å². The van der Waals surface area contributed by atoms with Gasteiger partial charge in [-0.1, -0.05) is 6.08 Å². The van der Waals surface area contributed by atoms with E-state index in [2.05, 4.69) is 9.72 Å². The van der Waals surface area contributed by atoms with E-state index in [1.54, 1.807) is 30.5 Å². The third-order valence-corrected chi connectivity index (χ3v) is 1.75. The monoisotopic (exact) mass is 202 g/mol. The standard InChI is InChI=1S/C11H10N2O2/c1-15-11(14)6-2-5-10-9(8-12)4-3-7-13-10/h2-5,7H,6H2,1H3. The van der Waals surface area contributed by atoms with Gasteiger partial charge in [0.05, 0.1) is 24.8 Å². The Bertz CT molecular complexity index is 419. The highest BCUT2D eigenvalue weighted by Crippen LogP contribution is 2.06. The maximum atomic E-state index is 10.8. The quantitative estimate of drug-likeness (QED) is 0.697. The van der Waals surface area contributed by atoms with Crippen molar-refractivity contribution in [2.24, 2.45) is 0 Å². The Labute approximate surface area is 87.8 Å². The number of aromatic nitrogens is 1. The second-order valence-corrected chi connectivity index (χ2v) is 2.73. The van der Waals surface area contributed by atoms with Gasteiger partial charge in [-0.05, 0) is 18.2 Å². The molecule has 76 valence electrons. The summed E-state index contributed by atoms with van der Waals surface area (Å²) in [5, 5.41) is 8.76.